The zero-order valence-electron chi connectivity index (χ0n) is 3.55. The topological polar surface area (TPSA) is 42.2 Å². The quantitative estimate of drug-likeness (QED) is 0.161. The van der Waals surface area contributed by atoms with Gasteiger partial charge in [-0.05, 0) is 0 Å². The smallest absolute Gasteiger partial charge is 0.253 e. The molecule has 0 saturated heterocycles. The highest BCUT2D eigenvalue weighted by Crippen LogP contribution is 1.69. The lowest BCUT2D eigenvalue weighted by molar-refractivity contribution is -0.226. The maximum absolute atomic E-state index is 7.63. The minimum Gasteiger partial charge on any atom is -0.253 e. The molecule has 0 amide bonds. The van der Waals surface area contributed by atoms with Crippen molar-refractivity contribution in [3.05, 3.63) is 0 Å². The van der Waals surface area contributed by atoms with Crippen molar-refractivity contribution in [2.75, 3.05) is 6.61 Å². The molecule has 7 heavy (non-hydrogen) atoms. The van der Waals surface area contributed by atoms with Gasteiger partial charge in [-0.3, -0.25) is 4.89 Å². The number of hydrogen-bond acceptors (Lipinski definition) is 3. The van der Waals surface area contributed by atoms with Crippen molar-refractivity contribution in [1.29, 1.82) is 5.26 Å². The molecule has 0 aromatic rings. The number of nitriles is 1. The second-order valence-electron chi connectivity index (χ2n) is 0.641. The van der Waals surface area contributed by atoms with Crippen LogP contribution in [0.25, 0.3) is 0 Å². The Hall–Kier alpha value is -1.19. The summed E-state index contributed by atoms with van der Waals surface area (Å²) in [6, 6.07) is 0. The second kappa shape index (κ2) is 4.81. The molecule has 0 unspecified atom stereocenters. The van der Waals surface area contributed by atoms with Crippen LogP contribution in [-0.2, 0) is 9.78 Å². The van der Waals surface area contributed by atoms with Crippen molar-refractivity contribution >= 4 is 0 Å². The number of rotatable bonds is 2. The first-order valence-corrected chi connectivity index (χ1v) is 1.53. The summed E-state index contributed by atoms with van der Waals surface area (Å²) in [4.78, 5) is 7.77. The van der Waals surface area contributed by atoms with Crippen LogP contribution in [0.15, 0.2) is 0 Å². The van der Waals surface area contributed by atoms with Crippen molar-refractivity contribution < 1.29 is 9.78 Å². The lowest BCUT2D eigenvalue weighted by atomic mass is 10.8. The van der Waals surface area contributed by atoms with Crippen LogP contribution in [0.2, 0.25) is 0 Å². The molecule has 0 aliphatic rings. The molecule has 0 N–H and O–H groups in total. The molecule has 3 nitrogen and oxygen atoms in total. The molecular formula is C4H3NO2. The highest BCUT2D eigenvalue weighted by Gasteiger charge is 1.73. The average molecular weight is 97.1 g/mol. The molecule has 36 valence electrons. The van der Waals surface area contributed by atoms with Gasteiger partial charge in [0.1, 0.15) is 0 Å². The first-order chi connectivity index (χ1) is 3.41. The monoisotopic (exact) mass is 97.0 g/mol. The van der Waals surface area contributed by atoms with Crippen LogP contribution in [0.4, 0.5) is 0 Å². The third kappa shape index (κ3) is 4.81. The van der Waals surface area contributed by atoms with Crippen LogP contribution in [0.5, 0.6) is 0 Å². The Labute approximate surface area is 41.4 Å². The summed E-state index contributed by atoms with van der Waals surface area (Å²) in [6.45, 7) is 0.00750. The molecule has 3 heteroatoms. The van der Waals surface area contributed by atoms with Gasteiger partial charge in [-0.1, -0.05) is 5.92 Å². The fourth-order valence-corrected chi connectivity index (χ4v) is 0.0898. The summed E-state index contributed by atoms with van der Waals surface area (Å²) < 4.78 is 0. The van der Waals surface area contributed by atoms with Gasteiger partial charge in [0.2, 0.25) is 0 Å². The van der Waals surface area contributed by atoms with Gasteiger partial charge in [-0.25, -0.2) is 0 Å². The van der Waals surface area contributed by atoms with Crippen LogP contribution < -0.4 is 0 Å². The average Bonchev–Trinajstić information content (AvgIpc) is 1.69. The van der Waals surface area contributed by atoms with E-state index in [0.29, 0.717) is 0 Å². The normalized spacial score (nSPS) is 6.00. The molecule has 0 aromatic heterocycles. The standard InChI is InChI=1S/C4H3NO2/c1-2-3-6-7-4-5/h1H,3H2. The zero-order valence-corrected chi connectivity index (χ0v) is 3.55. The molecule has 0 radical (unpaired) electrons. The zero-order chi connectivity index (χ0) is 5.54. The van der Waals surface area contributed by atoms with Gasteiger partial charge >= 0.3 is 6.26 Å². The fourth-order valence-electron chi connectivity index (χ4n) is 0.0898. The summed E-state index contributed by atoms with van der Waals surface area (Å²) in [5, 5.41) is 7.63. The summed E-state index contributed by atoms with van der Waals surface area (Å²) in [7, 11) is 0. The van der Waals surface area contributed by atoms with Gasteiger partial charge in [0.05, 0.1) is 0 Å². The Morgan fingerprint density at radius 2 is 2.43 bits per heavy atom. The first kappa shape index (κ1) is 5.81. The van der Waals surface area contributed by atoms with Crippen molar-refractivity contribution in [2.24, 2.45) is 0 Å². The predicted molar refractivity (Wildman–Crippen MR) is 21.5 cm³/mol. The Kier molecular flexibility index (Phi) is 3.99. The van der Waals surface area contributed by atoms with Crippen LogP contribution in [-0.4, -0.2) is 6.61 Å². The highest BCUT2D eigenvalue weighted by molar-refractivity contribution is 4.82. The van der Waals surface area contributed by atoms with E-state index in [1.807, 2.05) is 0 Å². The van der Waals surface area contributed by atoms with E-state index >= 15 is 0 Å². The third-order valence-corrected chi connectivity index (χ3v) is 0.238. The molecule has 0 spiro atoms. The number of nitrogens with zero attached hydrogens (tertiary/aromatic N) is 1. The molecular weight excluding hydrogens is 94.0 g/mol. The van der Waals surface area contributed by atoms with Crippen molar-refractivity contribution in [3.8, 4) is 18.6 Å². The van der Waals surface area contributed by atoms with E-state index in [9.17, 15) is 0 Å². The second-order valence-corrected chi connectivity index (χ2v) is 0.641. The molecule has 0 atom stereocenters. The molecule has 0 fully saturated rings. The predicted octanol–water partition coefficient (Wildman–Crippen LogP) is 0.0489. The fraction of sp³-hybridized carbons (Fsp3) is 0.250. The lowest BCUT2D eigenvalue weighted by Crippen LogP contribution is -1.85. The van der Waals surface area contributed by atoms with Gasteiger partial charge in [0, 0.05) is 0 Å². The largest absolute Gasteiger partial charge is 0.324 e. The van der Waals surface area contributed by atoms with Gasteiger partial charge in [0.25, 0.3) is 0 Å². The van der Waals surface area contributed by atoms with E-state index in [-0.39, 0.29) is 6.61 Å². The van der Waals surface area contributed by atoms with Gasteiger partial charge in [-0.2, -0.15) is 4.89 Å². The summed E-state index contributed by atoms with van der Waals surface area (Å²) in [5.41, 5.74) is 0. The Morgan fingerprint density at radius 1 is 1.71 bits per heavy atom. The highest BCUT2D eigenvalue weighted by atomic mass is 17.2. The molecule has 0 aliphatic heterocycles. The minimum absolute atomic E-state index is 0.00750. The Balaban J connectivity index is 2.77. The lowest BCUT2D eigenvalue weighted by Gasteiger charge is -1.83. The van der Waals surface area contributed by atoms with E-state index in [1.54, 1.807) is 0 Å². The van der Waals surface area contributed by atoms with Gasteiger partial charge in [-0.15, -0.1) is 11.7 Å². The van der Waals surface area contributed by atoms with Crippen LogP contribution >= 0.6 is 0 Å². The first-order valence-electron chi connectivity index (χ1n) is 1.53. The molecule has 0 rings (SSSR count). The SMILES string of the molecule is C#CCOOC#N. The summed E-state index contributed by atoms with van der Waals surface area (Å²) in [6.07, 6.45) is 5.99. The molecule has 0 bridgehead atoms. The summed E-state index contributed by atoms with van der Waals surface area (Å²) in [5.74, 6) is 2.10. The van der Waals surface area contributed by atoms with E-state index in [2.05, 4.69) is 15.7 Å². The Bertz CT molecular complexity index is 93.8. The third-order valence-electron chi connectivity index (χ3n) is 0.238. The van der Waals surface area contributed by atoms with E-state index in [1.165, 1.54) is 6.26 Å². The molecule has 0 saturated carbocycles. The molecule has 0 aromatic carbocycles. The van der Waals surface area contributed by atoms with Crippen LogP contribution in [0.3, 0.4) is 0 Å². The molecule has 0 heterocycles. The van der Waals surface area contributed by atoms with Gasteiger partial charge < -0.3 is 0 Å². The van der Waals surface area contributed by atoms with Crippen molar-refractivity contribution in [3.63, 3.8) is 0 Å². The maximum Gasteiger partial charge on any atom is 0.324 e. The van der Waals surface area contributed by atoms with Gasteiger partial charge in [0.15, 0.2) is 6.61 Å². The number of hydrogen-bond donors (Lipinski definition) is 0. The van der Waals surface area contributed by atoms with E-state index in [4.69, 9.17) is 11.7 Å². The van der Waals surface area contributed by atoms with E-state index < -0.39 is 0 Å². The minimum atomic E-state index is 0.00750. The summed E-state index contributed by atoms with van der Waals surface area (Å²) >= 11 is 0. The Morgan fingerprint density at radius 3 is 2.86 bits per heavy atom. The van der Waals surface area contributed by atoms with Crippen molar-refractivity contribution in [2.45, 2.75) is 0 Å². The van der Waals surface area contributed by atoms with Crippen molar-refractivity contribution in [1.82, 2.24) is 0 Å². The van der Waals surface area contributed by atoms with Crippen LogP contribution in [0.1, 0.15) is 0 Å². The maximum atomic E-state index is 7.63. The van der Waals surface area contributed by atoms with E-state index in [0.717, 1.165) is 0 Å². The van der Waals surface area contributed by atoms with Crippen LogP contribution in [0, 0.1) is 23.9 Å². The molecule has 0 aliphatic carbocycles. The number of terminal acetylenes is 1.